The first kappa shape index (κ1) is 17.7. The first-order valence-electron chi connectivity index (χ1n) is 7.55. The second kappa shape index (κ2) is 8.80. The molecule has 0 aliphatic carbocycles. The molecule has 0 radical (unpaired) electrons. The van der Waals surface area contributed by atoms with Crippen LogP contribution in [0.1, 0.15) is 31.9 Å². The van der Waals surface area contributed by atoms with Gasteiger partial charge in [-0.3, -0.25) is 9.69 Å². The highest BCUT2D eigenvalue weighted by Gasteiger charge is 2.23. The summed E-state index contributed by atoms with van der Waals surface area (Å²) in [5, 5.41) is 9.22. The van der Waals surface area contributed by atoms with Crippen molar-refractivity contribution in [2.75, 3.05) is 33.7 Å². The van der Waals surface area contributed by atoms with Gasteiger partial charge < -0.3 is 10.0 Å². The minimum absolute atomic E-state index is 0.0835. The predicted molar refractivity (Wildman–Crippen MR) is 86.4 cm³/mol. The van der Waals surface area contributed by atoms with Crippen molar-refractivity contribution < 1.29 is 9.90 Å². The molecule has 0 amide bonds. The smallest absolute Gasteiger partial charge is 0.317 e. The number of hydrogen-bond donors (Lipinski definition) is 1. The van der Waals surface area contributed by atoms with Crippen molar-refractivity contribution in [2.24, 2.45) is 5.92 Å². The number of carboxylic acids is 1. The van der Waals surface area contributed by atoms with Gasteiger partial charge in [0.2, 0.25) is 0 Å². The Bertz CT molecular complexity index is 418. The van der Waals surface area contributed by atoms with Gasteiger partial charge in [0.1, 0.15) is 0 Å². The topological polar surface area (TPSA) is 43.8 Å². The largest absolute Gasteiger partial charge is 0.480 e. The number of hydrogen-bond acceptors (Lipinski definition) is 3. The zero-order valence-corrected chi connectivity index (χ0v) is 13.6. The average Bonchev–Trinajstić information content (AvgIpc) is 2.41. The lowest BCUT2D eigenvalue weighted by Crippen LogP contribution is -2.39. The van der Waals surface area contributed by atoms with Crippen molar-refractivity contribution in [2.45, 2.75) is 26.3 Å². The summed E-state index contributed by atoms with van der Waals surface area (Å²) >= 11 is 0. The summed E-state index contributed by atoms with van der Waals surface area (Å²) in [5.74, 6) is -0.246. The van der Waals surface area contributed by atoms with Crippen molar-refractivity contribution in [1.82, 2.24) is 9.80 Å². The van der Waals surface area contributed by atoms with Crippen LogP contribution in [0.15, 0.2) is 30.3 Å². The van der Waals surface area contributed by atoms with Crippen molar-refractivity contribution in [3.05, 3.63) is 35.9 Å². The van der Waals surface area contributed by atoms with Crippen LogP contribution in [-0.2, 0) is 4.79 Å². The Hall–Kier alpha value is -1.39. The van der Waals surface area contributed by atoms with E-state index in [9.17, 15) is 9.90 Å². The zero-order valence-electron chi connectivity index (χ0n) is 13.6. The van der Waals surface area contributed by atoms with Crippen LogP contribution in [0, 0.1) is 5.92 Å². The Labute approximate surface area is 128 Å². The Kier molecular flexibility index (Phi) is 7.40. The highest BCUT2D eigenvalue weighted by Crippen LogP contribution is 2.27. The third-order valence-electron chi connectivity index (χ3n) is 3.49. The Morgan fingerprint density at radius 3 is 2.24 bits per heavy atom. The molecular formula is C17H28N2O2. The van der Waals surface area contributed by atoms with E-state index in [-0.39, 0.29) is 12.6 Å². The molecule has 0 aliphatic rings. The first-order chi connectivity index (χ1) is 9.90. The highest BCUT2D eigenvalue weighted by atomic mass is 16.4. The third kappa shape index (κ3) is 6.74. The maximum Gasteiger partial charge on any atom is 0.317 e. The van der Waals surface area contributed by atoms with Crippen LogP contribution in [0.5, 0.6) is 0 Å². The van der Waals surface area contributed by atoms with Crippen LogP contribution in [-0.4, -0.2) is 54.6 Å². The molecule has 1 aromatic carbocycles. The highest BCUT2D eigenvalue weighted by molar-refractivity contribution is 5.69. The fourth-order valence-electron chi connectivity index (χ4n) is 2.46. The lowest BCUT2D eigenvalue weighted by molar-refractivity contribution is -0.139. The van der Waals surface area contributed by atoms with E-state index >= 15 is 0 Å². The second-order valence-electron chi connectivity index (χ2n) is 6.22. The first-order valence-corrected chi connectivity index (χ1v) is 7.55. The Morgan fingerprint density at radius 1 is 1.14 bits per heavy atom. The molecular weight excluding hydrogens is 264 g/mol. The van der Waals surface area contributed by atoms with Crippen LogP contribution in [0.25, 0.3) is 0 Å². The lowest BCUT2D eigenvalue weighted by Gasteiger charge is -2.33. The fourth-order valence-corrected chi connectivity index (χ4v) is 2.46. The number of nitrogens with zero attached hydrogens (tertiary/aromatic N) is 2. The normalized spacial score (nSPS) is 13.1. The molecule has 21 heavy (non-hydrogen) atoms. The number of rotatable bonds is 9. The van der Waals surface area contributed by atoms with Crippen LogP contribution in [0.3, 0.4) is 0 Å². The Balaban J connectivity index is 2.95. The van der Waals surface area contributed by atoms with Gasteiger partial charge in [-0.25, -0.2) is 0 Å². The number of benzene rings is 1. The van der Waals surface area contributed by atoms with E-state index in [1.807, 2.05) is 32.3 Å². The molecule has 1 unspecified atom stereocenters. The number of aliphatic carboxylic acids is 1. The third-order valence-corrected chi connectivity index (χ3v) is 3.49. The minimum Gasteiger partial charge on any atom is -0.480 e. The van der Waals surface area contributed by atoms with E-state index in [1.165, 1.54) is 5.56 Å². The Morgan fingerprint density at radius 2 is 1.76 bits per heavy atom. The maximum atomic E-state index is 11.2. The molecule has 0 fully saturated rings. The molecule has 118 valence electrons. The lowest BCUT2D eigenvalue weighted by atomic mass is 9.95. The second-order valence-corrected chi connectivity index (χ2v) is 6.22. The summed E-state index contributed by atoms with van der Waals surface area (Å²) in [5.41, 5.74) is 1.20. The van der Waals surface area contributed by atoms with Gasteiger partial charge >= 0.3 is 5.97 Å². The summed E-state index contributed by atoms with van der Waals surface area (Å²) in [4.78, 5) is 15.4. The van der Waals surface area contributed by atoms with Crippen molar-refractivity contribution in [3.8, 4) is 0 Å². The van der Waals surface area contributed by atoms with Gasteiger partial charge in [-0.05, 0) is 32.0 Å². The van der Waals surface area contributed by atoms with Crippen LogP contribution in [0.4, 0.5) is 0 Å². The number of carboxylic acid groups (broad SMARTS) is 1. The maximum absolute atomic E-state index is 11.2. The molecule has 0 spiro atoms. The van der Waals surface area contributed by atoms with Gasteiger partial charge in [0.25, 0.3) is 0 Å². The number of likely N-dealkylation sites (N-methyl/N-ethyl adjacent to an activating group) is 1. The van der Waals surface area contributed by atoms with Gasteiger partial charge in [-0.2, -0.15) is 0 Å². The van der Waals surface area contributed by atoms with Crippen molar-refractivity contribution in [3.63, 3.8) is 0 Å². The van der Waals surface area contributed by atoms with Gasteiger partial charge in [0, 0.05) is 19.1 Å². The van der Waals surface area contributed by atoms with E-state index in [0.29, 0.717) is 5.92 Å². The molecule has 0 saturated carbocycles. The van der Waals surface area contributed by atoms with Crippen molar-refractivity contribution >= 4 is 5.97 Å². The summed E-state index contributed by atoms with van der Waals surface area (Å²) in [6, 6.07) is 10.4. The van der Waals surface area contributed by atoms with E-state index in [2.05, 4.69) is 35.8 Å². The quantitative estimate of drug-likeness (QED) is 0.760. The molecule has 1 rings (SSSR count). The summed E-state index contributed by atoms with van der Waals surface area (Å²) in [6.45, 7) is 6.06. The van der Waals surface area contributed by atoms with Gasteiger partial charge in [-0.15, -0.1) is 0 Å². The molecule has 0 aromatic heterocycles. The molecule has 0 bridgehead atoms. The van der Waals surface area contributed by atoms with Gasteiger partial charge in [-0.1, -0.05) is 44.2 Å². The van der Waals surface area contributed by atoms with Crippen molar-refractivity contribution in [1.29, 1.82) is 0 Å². The SMILES string of the molecule is CC(C)CC(c1ccccc1)N(CCN(C)C)CC(=O)O. The zero-order chi connectivity index (χ0) is 15.8. The molecule has 1 atom stereocenters. The standard InChI is InChI=1S/C17H28N2O2/c1-14(2)12-16(15-8-6-5-7-9-15)19(13-17(20)21)11-10-18(3)4/h5-9,14,16H,10-13H2,1-4H3,(H,20,21). The molecule has 1 aromatic rings. The van der Waals surface area contributed by atoms with Crippen LogP contribution < -0.4 is 0 Å². The summed E-state index contributed by atoms with van der Waals surface area (Å²) in [7, 11) is 4.03. The average molecular weight is 292 g/mol. The van der Waals surface area contributed by atoms with E-state index in [4.69, 9.17) is 0 Å². The summed E-state index contributed by atoms with van der Waals surface area (Å²) < 4.78 is 0. The molecule has 4 heteroatoms. The van der Waals surface area contributed by atoms with E-state index in [0.717, 1.165) is 19.5 Å². The predicted octanol–water partition coefficient (Wildman–Crippen LogP) is 2.72. The molecule has 0 saturated heterocycles. The van der Waals surface area contributed by atoms with Gasteiger partial charge in [0.05, 0.1) is 6.54 Å². The molecule has 0 heterocycles. The van der Waals surface area contributed by atoms with Crippen LogP contribution >= 0.6 is 0 Å². The van der Waals surface area contributed by atoms with E-state index < -0.39 is 5.97 Å². The van der Waals surface area contributed by atoms with Gasteiger partial charge in [0.15, 0.2) is 0 Å². The minimum atomic E-state index is -0.765. The molecule has 1 N–H and O–H groups in total. The van der Waals surface area contributed by atoms with E-state index in [1.54, 1.807) is 0 Å². The van der Waals surface area contributed by atoms with Crippen LogP contribution in [0.2, 0.25) is 0 Å². The molecule has 4 nitrogen and oxygen atoms in total. The monoisotopic (exact) mass is 292 g/mol. The summed E-state index contributed by atoms with van der Waals surface area (Å²) in [6.07, 6.45) is 0.963. The fraction of sp³-hybridized carbons (Fsp3) is 0.588. The number of carbonyl (C=O) groups is 1. The molecule has 0 aliphatic heterocycles.